The molecule has 0 aliphatic heterocycles. The Morgan fingerprint density at radius 1 is 0.767 bits per heavy atom. The van der Waals surface area contributed by atoms with E-state index in [-0.39, 0.29) is 11.4 Å². The fraction of sp³-hybridized carbons (Fsp3) is 0.0571. The average molecular weight is 573 g/mol. The van der Waals surface area contributed by atoms with Crippen LogP contribution < -0.4 is 5.56 Å². The van der Waals surface area contributed by atoms with Gasteiger partial charge in [0, 0.05) is 34.8 Å². The van der Waals surface area contributed by atoms with E-state index in [1.54, 1.807) is 30.5 Å². The van der Waals surface area contributed by atoms with Gasteiger partial charge in [0.2, 0.25) is 0 Å². The van der Waals surface area contributed by atoms with Crippen LogP contribution in [0.15, 0.2) is 131 Å². The second-order valence-corrected chi connectivity index (χ2v) is 10.3. The summed E-state index contributed by atoms with van der Waals surface area (Å²) in [4.78, 5) is 18.2. The van der Waals surface area contributed by atoms with Crippen molar-refractivity contribution in [2.24, 2.45) is 5.10 Å². The lowest BCUT2D eigenvalue weighted by atomic mass is 10.0. The maximum atomic E-state index is 13.6. The third-order valence-electron chi connectivity index (χ3n) is 7.55. The molecule has 43 heavy (non-hydrogen) atoms. The Balaban J connectivity index is 1.36. The van der Waals surface area contributed by atoms with Crippen LogP contribution in [0.25, 0.3) is 44.0 Å². The van der Waals surface area contributed by atoms with Crippen molar-refractivity contribution in [2.45, 2.75) is 12.7 Å². The first-order valence-electron chi connectivity index (χ1n) is 13.7. The zero-order valence-corrected chi connectivity index (χ0v) is 22.7. The van der Waals surface area contributed by atoms with Gasteiger partial charge in [-0.05, 0) is 46.7 Å². The van der Waals surface area contributed by atoms with Gasteiger partial charge in [-0.15, -0.1) is 0 Å². The molecule has 210 valence electrons. The normalized spacial score (nSPS) is 12.2. The Morgan fingerprint density at radius 2 is 1.47 bits per heavy atom. The number of aromatic nitrogens is 3. The topological polar surface area (TPSA) is 52.2 Å². The van der Waals surface area contributed by atoms with Crippen molar-refractivity contribution in [1.29, 1.82) is 0 Å². The molecule has 5 aromatic carbocycles. The Hall–Kier alpha value is -5.50. The van der Waals surface area contributed by atoms with E-state index in [9.17, 15) is 18.0 Å². The van der Waals surface area contributed by atoms with Crippen LogP contribution in [-0.2, 0) is 12.7 Å². The molecule has 0 unspecified atom stereocenters. The summed E-state index contributed by atoms with van der Waals surface area (Å²) in [5, 5.41) is 8.10. The highest BCUT2D eigenvalue weighted by Crippen LogP contribution is 2.32. The van der Waals surface area contributed by atoms with Gasteiger partial charge < -0.3 is 4.57 Å². The third kappa shape index (κ3) is 4.86. The first kappa shape index (κ1) is 26.4. The minimum Gasteiger partial charge on any atom is -0.342 e. The Kier molecular flexibility index (Phi) is 6.39. The van der Waals surface area contributed by atoms with Crippen molar-refractivity contribution in [3.05, 3.63) is 149 Å². The van der Waals surface area contributed by atoms with Crippen molar-refractivity contribution in [3.63, 3.8) is 0 Å². The van der Waals surface area contributed by atoms with Crippen LogP contribution in [0.5, 0.6) is 0 Å². The summed E-state index contributed by atoms with van der Waals surface area (Å²) >= 11 is 0. The molecule has 8 heteroatoms. The van der Waals surface area contributed by atoms with Gasteiger partial charge in [-0.2, -0.15) is 22.9 Å². The summed E-state index contributed by atoms with van der Waals surface area (Å²) in [7, 11) is 0. The van der Waals surface area contributed by atoms with E-state index in [0.717, 1.165) is 49.6 Å². The van der Waals surface area contributed by atoms with Gasteiger partial charge in [0.1, 0.15) is 0 Å². The van der Waals surface area contributed by atoms with E-state index in [2.05, 4.69) is 38.9 Å². The van der Waals surface area contributed by atoms with E-state index in [1.807, 2.05) is 48.7 Å². The van der Waals surface area contributed by atoms with Gasteiger partial charge in [-0.25, -0.2) is 4.98 Å². The number of benzene rings is 5. The minimum absolute atomic E-state index is 0.0190. The number of halogens is 3. The van der Waals surface area contributed by atoms with Gasteiger partial charge in [0.15, 0.2) is 5.82 Å². The highest BCUT2D eigenvalue weighted by atomic mass is 19.4. The van der Waals surface area contributed by atoms with Gasteiger partial charge in [-0.3, -0.25) is 4.79 Å². The molecule has 0 radical (unpaired) electrons. The van der Waals surface area contributed by atoms with E-state index in [0.29, 0.717) is 17.4 Å². The van der Waals surface area contributed by atoms with E-state index < -0.39 is 17.3 Å². The van der Waals surface area contributed by atoms with Crippen molar-refractivity contribution in [1.82, 2.24) is 14.2 Å². The van der Waals surface area contributed by atoms with Crippen LogP contribution in [-0.4, -0.2) is 20.4 Å². The minimum atomic E-state index is -4.55. The second kappa shape index (κ2) is 10.4. The highest BCUT2D eigenvalue weighted by molar-refractivity contribution is 5.99. The molecular formula is C35H23F3N4O. The lowest BCUT2D eigenvalue weighted by Crippen LogP contribution is -2.20. The Bertz CT molecular complexity index is 2240. The Labute approximate surface area is 243 Å². The van der Waals surface area contributed by atoms with Crippen LogP contribution in [0.1, 0.15) is 16.7 Å². The molecule has 0 aliphatic carbocycles. The molecule has 7 rings (SSSR count). The third-order valence-corrected chi connectivity index (χ3v) is 7.55. The molecule has 0 spiro atoms. The number of hydrogen-bond donors (Lipinski definition) is 0. The zero-order chi connectivity index (χ0) is 29.6. The first-order valence-corrected chi connectivity index (χ1v) is 13.7. The van der Waals surface area contributed by atoms with E-state index in [4.69, 9.17) is 0 Å². The molecule has 0 atom stereocenters. The Morgan fingerprint density at radius 3 is 2.30 bits per heavy atom. The summed E-state index contributed by atoms with van der Waals surface area (Å²) < 4.78 is 43.9. The van der Waals surface area contributed by atoms with Gasteiger partial charge in [-0.1, -0.05) is 84.9 Å². The van der Waals surface area contributed by atoms with Gasteiger partial charge in [0.25, 0.3) is 5.56 Å². The standard InChI is InChI=1S/C35H23F3N4O/c36-35(37,38)27-13-8-11-24(19-27)33-40-31-17-5-3-16-30(31)34(43)42(33)39-20-26-22-41(32-18-6-4-15-29(26)32)21-25-12-7-10-23-9-1-2-14-28(23)25/h1-20,22H,21H2. The van der Waals surface area contributed by atoms with Crippen LogP contribution in [0, 0.1) is 0 Å². The molecule has 0 saturated heterocycles. The lowest BCUT2D eigenvalue weighted by Gasteiger charge is -2.12. The summed E-state index contributed by atoms with van der Waals surface area (Å²) in [5.74, 6) is 0.0190. The SMILES string of the molecule is O=c1c2ccccc2nc(-c2cccc(C(F)(F)F)c2)n1N=Cc1cn(Cc2cccc3ccccc23)c2ccccc12. The van der Waals surface area contributed by atoms with E-state index in [1.165, 1.54) is 12.1 Å². The number of rotatable bonds is 5. The summed E-state index contributed by atoms with van der Waals surface area (Å²) in [5.41, 5.74) is 2.09. The van der Waals surface area contributed by atoms with Crippen molar-refractivity contribution >= 4 is 38.8 Å². The van der Waals surface area contributed by atoms with E-state index >= 15 is 0 Å². The largest absolute Gasteiger partial charge is 0.416 e. The molecule has 2 aromatic heterocycles. The number of alkyl halides is 3. The lowest BCUT2D eigenvalue weighted by molar-refractivity contribution is -0.137. The summed E-state index contributed by atoms with van der Waals surface area (Å²) in [6.07, 6.45) is -1.01. The molecule has 0 N–H and O–H groups in total. The van der Waals surface area contributed by atoms with Crippen LogP contribution in [0.3, 0.4) is 0 Å². The predicted molar refractivity (Wildman–Crippen MR) is 164 cm³/mol. The summed E-state index contributed by atoms with van der Waals surface area (Å²) in [6.45, 7) is 0.614. The van der Waals surface area contributed by atoms with Crippen LogP contribution in [0.4, 0.5) is 13.2 Å². The van der Waals surface area contributed by atoms with Gasteiger partial charge >= 0.3 is 6.18 Å². The molecule has 2 heterocycles. The molecule has 0 bridgehead atoms. The predicted octanol–water partition coefficient (Wildman–Crippen LogP) is 8.12. The average Bonchev–Trinajstić information content (AvgIpc) is 3.37. The molecule has 7 aromatic rings. The molecule has 0 aliphatic rings. The van der Waals surface area contributed by atoms with Crippen molar-refractivity contribution in [3.8, 4) is 11.4 Å². The van der Waals surface area contributed by atoms with Crippen molar-refractivity contribution in [2.75, 3.05) is 0 Å². The number of fused-ring (bicyclic) bond motifs is 3. The fourth-order valence-corrected chi connectivity index (χ4v) is 5.49. The molecule has 0 fully saturated rings. The fourth-order valence-electron chi connectivity index (χ4n) is 5.49. The van der Waals surface area contributed by atoms with Crippen LogP contribution in [0.2, 0.25) is 0 Å². The quantitative estimate of drug-likeness (QED) is 0.196. The van der Waals surface area contributed by atoms with Crippen molar-refractivity contribution < 1.29 is 13.2 Å². The van der Waals surface area contributed by atoms with Gasteiger partial charge in [0.05, 0.1) is 22.7 Å². The first-order chi connectivity index (χ1) is 20.9. The number of hydrogen-bond acceptors (Lipinski definition) is 3. The second-order valence-electron chi connectivity index (χ2n) is 10.3. The monoisotopic (exact) mass is 572 g/mol. The summed E-state index contributed by atoms with van der Waals surface area (Å²) in [6, 6.07) is 33.8. The maximum Gasteiger partial charge on any atom is 0.416 e. The highest BCUT2D eigenvalue weighted by Gasteiger charge is 2.31. The maximum absolute atomic E-state index is 13.6. The zero-order valence-electron chi connectivity index (χ0n) is 22.7. The molecule has 0 saturated carbocycles. The smallest absolute Gasteiger partial charge is 0.342 e. The number of para-hydroxylation sites is 2. The molecule has 0 amide bonds. The molecule has 5 nitrogen and oxygen atoms in total. The molecular weight excluding hydrogens is 549 g/mol. The number of nitrogens with zero attached hydrogens (tertiary/aromatic N) is 4. The van der Waals surface area contributed by atoms with Crippen LogP contribution >= 0.6 is 0 Å².